The Morgan fingerprint density at radius 2 is 2.09 bits per heavy atom. The van der Waals surface area contributed by atoms with Gasteiger partial charge < -0.3 is 20.9 Å². The van der Waals surface area contributed by atoms with Crippen LogP contribution in [0, 0.1) is 17.8 Å². The molecule has 0 spiro atoms. The number of nitrogens with zero attached hydrogens (tertiary/aromatic N) is 3. The number of allylic oxidation sites excluding steroid dienone is 1. The van der Waals surface area contributed by atoms with E-state index in [1.165, 1.54) is 7.11 Å². The van der Waals surface area contributed by atoms with Gasteiger partial charge in [-0.1, -0.05) is 25.7 Å². The molecule has 0 fully saturated rings. The first-order valence-corrected chi connectivity index (χ1v) is 6.88. The van der Waals surface area contributed by atoms with Crippen molar-refractivity contribution in [1.82, 2.24) is 4.98 Å². The van der Waals surface area contributed by atoms with Gasteiger partial charge in [-0.15, -0.1) is 0 Å². The van der Waals surface area contributed by atoms with Crippen molar-refractivity contribution in [1.29, 1.82) is 0 Å². The predicted molar refractivity (Wildman–Crippen MR) is 91.2 cm³/mol. The van der Waals surface area contributed by atoms with Crippen molar-refractivity contribution in [2.45, 2.75) is 20.8 Å². The van der Waals surface area contributed by atoms with Gasteiger partial charge in [0.15, 0.2) is 5.82 Å². The number of aliphatic imine (C=N–C) groups is 2. The second-order valence-corrected chi connectivity index (χ2v) is 4.82. The SMILES string of the molecule is C=NC(N)=N/C(N)=C(\C)Oc1cc(OC)ncc1C#CC(C)C. The van der Waals surface area contributed by atoms with E-state index in [-0.39, 0.29) is 17.7 Å². The summed E-state index contributed by atoms with van der Waals surface area (Å²) in [4.78, 5) is 11.4. The van der Waals surface area contributed by atoms with Crippen molar-refractivity contribution in [3.8, 4) is 23.5 Å². The van der Waals surface area contributed by atoms with E-state index in [1.807, 2.05) is 13.8 Å². The molecule has 0 unspecified atom stereocenters. The fourth-order valence-corrected chi connectivity index (χ4v) is 1.39. The molecule has 1 aromatic rings. The molecule has 122 valence electrons. The summed E-state index contributed by atoms with van der Waals surface area (Å²) in [5.74, 6) is 7.54. The maximum atomic E-state index is 5.80. The molecule has 0 aliphatic carbocycles. The Morgan fingerprint density at radius 1 is 1.39 bits per heavy atom. The molecule has 0 radical (unpaired) electrons. The molecule has 1 rings (SSSR count). The van der Waals surface area contributed by atoms with Crippen LogP contribution in [0.25, 0.3) is 0 Å². The third-order valence-electron chi connectivity index (χ3n) is 2.57. The second-order valence-electron chi connectivity index (χ2n) is 4.82. The number of hydrogen-bond acceptors (Lipinski definition) is 5. The number of methoxy groups -OCH3 is 1. The van der Waals surface area contributed by atoms with Crippen LogP contribution in [0.4, 0.5) is 0 Å². The molecule has 0 saturated carbocycles. The summed E-state index contributed by atoms with van der Waals surface area (Å²) in [6.45, 7) is 8.91. The van der Waals surface area contributed by atoms with E-state index in [9.17, 15) is 0 Å². The van der Waals surface area contributed by atoms with E-state index < -0.39 is 0 Å². The normalized spacial score (nSPS) is 12.1. The van der Waals surface area contributed by atoms with Crippen molar-refractivity contribution in [3.05, 3.63) is 29.4 Å². The van der Waals surface area contributed by atoms with Crippen LogP contribution in [-0.4, -0.2) is 24.8 Å². The molecule has 0 aliphatic heterocycles. The van der Waals surface area contributed by atoms with E-state index in [0.29, 0.717) is 23.0 Å². The highest BCUT2D eigenvalue weighted by Gasteiger charge is 2.09. The van der Waals surface area contributed by atoms with Gasteiger partial charge in [0.05, 0.1) is 18.9 Å². The molecule has 0 saturated heterocycles. The lowest BCUT2D eigenvalue weighted by molar-refractivity contribution is 0.383. The number of ether oxygens (including phenoxy) is 2. The lowest BCUT2D eigenvalue weighted by Gasteiger charge is -2.10. The highest BCUT2D eigenvalue weighted by Crippen LogP contribution is 2.24. The first-order chi connectivity index (χ1) is 10.9. The molecular formula is C16H21N5O2. The van der Waals surface area contributed by atoms with Gasteiger partial charge in [-0.05, 0) is 13.6 Å². The van der Waals surface area contributed by atoms with Gasteiger partial charge >= 0.3 is 0 Å². The van der Waals surface area contributed by atoms with E-state index in [2.05, 4.69) is 33.5 Å². The third kappa shape index (κ3) is 5.71. The third-order valence-corrected chi connectivity index (χ3v) is 2.57. The number of pyridine rings is 1. The van der Waals surface area contributed by atoms with Crippen molar-refractivity contribution in [2.24, 2.45) is 27.4 Å². The quantitative estimate of drug-likeness (QED) is 0.380. The lowest BCUT2D eigenvalue weighted by Crippen LogP contribution is -2.12. The molecule has 0 aliphatic rings. The topological polar surface area (TPSA) is 108 Å². The second kappa shape index (κ2) is 8.44. The molecule has 23 heavy (non-hydrogen) atoms. The Morgan fingerprint density at radius 3 is 2.65 bits per heavy atom. The summed E-state index contributed by atoms with van der Waals surface area (Å²) < 4.78 is 10.8. The minimum absolute atomic E-state index is 0.0439. The molecule has 0 atom stereocenters. The molecule has 4 N–H and O–H groups in total. The Bertz CT molecular complexity index is 696. The van der Waals surface area contributed by atoms with Gasteiger partial charge in [-0.25, -0.2) is 9.98 Å². The van der Waals surface area contributed by atoms with Crippen LogP contribution in [0.5, 0.6) is 11.6 Å². The number of nitrogens with two attached hydrogens (primary N) is 2. The summed E-state index contributed by atoms with van der Waals surface area (Å²) in [6, 6.07) is 1.62. The van der Waals surface area contributed by atoms with E-state index in [1.54, 1.807) is 19.2 Å². The Kier molecular flexibility index (Phi) is 6.62. The lowest BCUT2D eigenvalue weighted by atomic mass is 10.2. The monoisotopic (exact) mass is 315 g/mol. The van der Waals surface area contributed by atoms with Crippen molar-refractivity contribution in [2.75, 3.05) is 7.11 Å². The highest BCUT2D eigenvalue weighted by atomic mass is 16.5. The van der Waals surface area contributed by atoms with Gasteiger partial charge in [-0.3, -0.25) is 0 Å². The predicted octanol–water partition coefficient (Wildman–Crippen LogP) is 1.64. The first kappa shape index (κ1) is 18.0. The largest absolute Gasteiger partial charge is 0.481 e. The summed E-state index contributed by atoms with van der Waals surface area (Å²) in [5, 5.41) is 0. The van der Waals surface area contributed by atoms with Crippen LogP contribution in [0.3, 0.4) is 0 Å². The molecule has 0 amide bonds. The maximum absolute atomic E-state index is 5.80. The van der Waals surface area contributed by atoms with E-state index in [0.717, 1.165) is 0 Å². The molecular weight excluding hydrogens is 294 g/mol. The number of aromatic nitrogens is 1. The standard InChI is InChI=1S/C16H21N5O2/c1-10(2)6-7-12-9-20-14(22-5)8-13(12)23-11(3)15(17)21-16(18)19-4/h8-10H,4,17H2,1-3,5H3,(H2,18,21)/b15-11+. The molecule has 7 nitrogen and oxygen atoms in total. The Labute approximate surface area is 136 Å². The number of rotatable bonds is 4. The van der Waals surface area contributed by atoms with Gasteiger partial charge in [0.25, 0.3) is 0 Å². The summed E-state index contributed by atoms with van der Waals surface area (Å²) in [7, 11) is 1.52. The van der Waals surface area contributed by atoms with Crippen LogP contribution >= 0.6 is 0 Å². The zero-order valence-electron chi connectivity index (χ0n) is 13.8. The maximum Gasteiger partial charge on any atom is 0.221 e. The van der Waals surface area contributed by atoms with Crippen LogP contribution in [0.1, 0.15) is 26.3 Å². The average Bonchev–Trinajstić information content (AvgIpc) is 2.52. The van der Waals surface area contributed by atoms with Crippen molar-refractivity contribution in [3.63, 3.8) is 0 Å². The van der Waals surface area contributed by atoms with Crippen molar-refractivity contribution < 1.29 is 9.47 Å². The van der Waals surface area contributed by atoms with Crippen molar-refractivity contribution >= 4 is 12.7 Å². The van der Waals surface area contributed by atoms with E-state index >= 15 is 0 Å². The van der Waals surface area contributed by atoms with Crippen LogP contribution < -0.4 is 20.9 Å². The summed E-state index contributed by atoms with van der Waals surface area (Å²) >= 11 is 0. The average molecular weight is 315 g/mol. The molecule has 1 heterocycles. The van der Waals surface area contributed by atoms with Crippen LogP contribution in [0.15, 0.2) is 33.8 Å². The van der Waals surface area contributed by atoms with Gasteiger partial charge in [0.1, 0.15) is 11.5 Å². The van der Waals surface area contributed by atoms with Gasteiger partial charge in [0.2, 0.25) is 11.8 Å². The van der Waals surface area contributed by atoms with E-state index in [4.69, 9.17) is 20.9 Å². The molecule has 0 aromatic carbocycles. The summed E-state index contributed by atoms with van der Waals surface area (Å²) in [6.07, 6.45) is 1.58. The zero-order valence-corrected chi connectivity index (χ0v) is 13.8. The van der Waals surface area contributed by atoms with Gasteiger partial charge in [0, 0.05) is 12.0 Å². The number of hydrogen-bond donors (Lipinski definition) is 2. The highest BCUT2D eigenvalue weighted by molar-refractivity contribution is 5.83. The Hall–Kier alpha value is -3.01. The first-order valence-electron chi connectivity index (χ1n) is 6.88. The molecule has 0 bridgehead atoms. The summed E-state index contributed by atoms with van der Waals surface area (Å²) in [5.41, 5.74) is 11.9. The molecule has 1 aromatic heterocycles. The smallest absolute Gasteiger partial charge is 0.221 e. The van der Waals surface area contributed by atoms with Gasteiger partial charge in [-0.2, -0.15) is 4.99 Å². The van der Waals surface area contributed by atoms with Crippen LogP contribution in [-0.2, 0) is 0 Å². The number of guanidine groups is 1. The zero-order chi connectivity index (χ0) is 17.4. The van der Waals surface area contributed by atoms with Crippen LogP contribution in [0.2, 0.25) is 0 Å². The Balaban J connectivity index is 3.22. The minimum Gasteiger partial charge on any atom is -0.481 e. The fourth-order valence-electron chi connectivity index (χ4n) is 1.39. The minimum atomic E-state index is -0.0439. The fraction of sp³-hybridized carbons (Fsp3) is 0.312. The molecule has 7 heteroatoms.